The van der Waals surface area contributed by atoms with Crippen molar-refractivity contribution in [1.29, 1.82) is 0 Å². The number of carbonyl (C=O) groups excluding carboxylic acids is 2. The van der Waals surface area contributed by atoms with E-state index in [9.17, 15) is 18.0 Å². The van der Waals surface area contributed by atoms with Crippen molar-refractivity contribution in [3.8, 4) is 5.75 Å². The predicted molar refractivity (Wildman–Crippen MR) is 117 cm³/mol. The molecular formula is C22H28N2O6S. The summed E-state index contributed by atoms with van der Waals surface area (Å²) in [6.07, 6.45) is -0.819. The van der Waals surface area contributed by atoms with E-state index in [0.29, 0.717) is 5.56 Å². The number of hydrogen-bond acceptors (Lipinski definition) is 6. The highest BCUT2D eigenvalue weighted by atomic mass is 32.2. The Kier molecular flexibility index (Phi) is 8.18. The van der Waals surface area contributed by atoms with Gasteiger partial charge < -0.3 is 14.8 Å². The molecule has 2 aromatic rings. The van der Waals surface area contributed by atoms with Crippen LogP contribution in [-0.2, 0) is 20.2 Å². The van der Waals surface area contributed by atoms with Gasteiger partial charge in [-0.3, -0.25) is 4.79 Å². The van der Waals surface area contributed by atoms with Gasteiger partial charge in [-0.2, -0.15) is 0 Å². The Balaban J connectivity index is 1.83. The molecule has 0 spiro atoms. The first-order chi connectivity index (χ1) is 14.5. The summed E-state index contributed by atoms with van der Waals surface area (Å²) in [6, 6.07) is 12.7. The van der Waals surface area contributed by atoms with E-state index in [1.807, 2.05) is 0 Å². The molecule has 2 rings (SSSR count). The number of rotatable bonds is 8. The number of benzene rings is 2. The molecule has 0 aliphatic heterocycles. The largest absolute Gasteiger partial charge is 0.513 e. The average molecular weight is 449 g/mol. The molecule has 0 unspecified atom stereocenters. The quantitative estimate of drug-likeness (QED) is 0.364. The lowest BCUT2D eigenvalue weighted by atomic mass is 9.87. The van der Waals surface area contributed by atoms with Gasteiger partial charge in [0.05, 0.1) is 11.5 Å². The van der Waals surface area contributed by atoms with Crippen molar-refractivity contribution in [2.45, 2.75) is 38.0 Å². The first-order valence-electron chi connectivity index (χ1n) is 9.86. The minimum absolute atomic E-state index is 0.0408. The van der Waals surface area contributed by atoms with Crippen LogP contribution in [0.1, 0.15) is 43.6 Å². The second kappa shape index (κ2) is 10.4. The summed E-state index contributed by atoms with van der Waals surface area (Å²) < 4.78 is 36.9. The lowest BCUT2D eigenvalue weighted by molar-refractivity contribution is 0.0954. The van der Waals surface area contributed by atoms with Crippen LogP contribution in [0.4, 0.5) is 4.79 Å². The fourth-order valence-electron chi connectivity index (χ4n) is 2.60. The monoisotopic (exact) mass is 448 g/mol. The second-order valence-corrected chi connectivity index (χ2v) is 9.50. The Morgan fingerprint density at radius 2 is 1.55 bits per heavy atom. The van der Waals surface area contributed by atoms with Crippen LogP contribution in [0, 0.1) is 0 Å². The van der Waals surface area contributed by atoms with Crippen LogP contribution in [0.3, 0.4) is 0 Å². The van der Waals surface area contributed by atoms with E-state index >= 15 is 0 Å². The number of carbonyl (C=O) groups is 2. The molecule has 1 amide bonds. The van der Waals surface area contributed by atoms with Crippen LogP contribution in [0.5, 0.6) is 5.75 Å². The highest BCUT2D eigenvalue weighted by Gasteiger charge is 2.17. The molecule has 0 radical (unpaired) electrons. The summed E-state index contributed by atoms with van der Waals surface area (Å²) in [5.74, 6) is -0.128. The third kappa shape index (κ3) is 7.37. The van der Waals surface area contributed by atoms with Crippen LogP contribution >= 0.6 is 0 Å². The van der Waals surface area contributed by atoms with Gasteiger partial charge in [0.2, 0.25) is 10.0 Å². The summed E-state index contributed by atoms with van der Waals surface area (Å²) in [6.45, 7) is 8.18. The molecule has 31 heavy (non-hydrogen) atoms. The molecule has 9 heteroatoms. The summed E-state index contributed by atoms with van der Waals surface area (Å²) in [4.78, 5) is 23.6. The van der Waals surface area contributed by atoms with Crippen LogP contribution in [0.15, 0.2) is 53.4 Å². The lowest BCUT2D eigenvalue weighted by Gasteiger charge is -2.19. The van der Waals surface area contributed by atoms with Gasteiger partial charge in [0.15, 0.2) is 0 Å². The van der Waals surface area contributed by atoms with Crippen molar-refractivity contribution in [2.75, 3.05) is 19.7 Å². The van der Waals surface area contributed by atoms with Crippen LogP contribution in [0.2, 0.25) is 0 Å². The average Bonchev–Trinajstić information content (AvgIpc) is 2.71. The maximum atomic E-state index is 12.4. The van der Waals surface area contributed by atoms with E-state index in [2.05, 4.69) is 35.5 Å². The zero-order chi connectivity index (χ0) is 23.1. The highest BCUT2D eigenvalue weighted by Crippen LogP contribution is 2.23. The van der Waals surface area contributed by atoms with Crippen molar-refractivity contribution in [2.24, 2.45) is 0 Å². The van der Waals surface area contributed by atoms with E-state index in [-0.39, 0.29) is 41.7 Å². The molecule has 0 aliphatic rings. The lowest BCUT2D eigenvalue weighted by Crippen LogP contribution is -2.34. The summed E-state index contributed by atoms with van der Waals surface area (Å²) in [5.41, 5.74) is 1.32. The van der Waals surface area contributed by atoms with Gasteiger partial charge in [0.1, 0.15) is 5.75 Å². The molecule has 0 atom stereocenters. The third-order valence-corrected chi connectivity index (χ3v) is 5.79. The van der Waals surface area contributed by atoms with Crippen molar-refractivity contribution in [1.82, 2.24) is 10.0 Å². The molecular weight excluding hydrogens is 420 g/mol. The third-order valence-electron chi connectivity index (χ3n) is 4.31. The Morgan fingerprint density at radius 1 is 0.935 bits per heavy atom. The van der Waals surface area contributed by atoms with Gasteiger partial charge in [-0.25, -0.2) is 17.9 Å². The van der Waals surface area contributed by atoms with Crippen molar-refractivity contribution >= 4 is 22.1 Å². The number of nitrogens with one attached hydrogen (secondary N) is 2. The zero-order valence-electron chi connectivity index (χ0n) is 18.1. The number of hydrogen-bond donors (Lipinski definition) is 2. The minimum Gasteiger partial charge on any atom is -0.434 e. The molecule has 0 bridgehead atoms. The van der Waals surface area contributed by atoms with Crippen molar-refractivity contribution in [3.63, 3.8) is 0 Å². The molecule has 8 nitrogen and oxygen atoms in total. The summed E-state index contributed by atoms with van der Waals surface area (Å²) in [5, 5.41) is 2.63. The molecule has 2 N–H and O–H groups in total. The Labute approximate surface area is 183 Å². The van der Waals surface area contributed by atoms with E-state index < -0.39 is 16.2 Å². The Bertz CT molecular complexity index is 994. The fourth-order valence-corrected chi connectivity index (χ4v) is 3.63. The molecule has 0 aliphatic carbocycles. The van der Waals surface area contributed by atoms with Gasteiger partial charge in [-0.15, -0.1) is 0 Å². The number of sulfonamides is 1. The number of amides is 1. The molecule has 2 aromatic carbocycles. The maximum Gasteiger partial charge on any atom is 0.513 e. The van der Waals surface area contributed by atoms with Crippen LogP contribution in [0.25, 0.3) is 0 Å². The number of ether oxygens (including phenoxy) is 2. The Morgan fingerprint density at radius 3 is 2.10 bits per heavy atom. The van der Waals surface area contributed by atoms with E-state index in [1.54, 1.807) is 31.2 Å². The second-order valence-electron chi connectivity index (χ2n) is 7.74. The van der Waals surface area contributed by atoms with Crippen molar-refractivity contribution < 1.29 is 27.5 Å². The standard InChI is InChI=1S/C22H28N2O6S/c1-5-29-21(26)30-18-10-6-16(7-11-18)20(25)23-14-15-24-31(27,28)19-12-8-17(9-13-19)22(2,3)4/h6-13,24H,5,14-15H2,1-4H3,(H,23,25). The van der Waals surface area contributed by atoms with Gasteiger partial charge in [-0.1, -0.05) is 32.9 Å². The topological polar surface area (TPSA) is 111 Å². The van der Waals surface area contributed by atoms with Gasteiger partial charge in [-0.05, 0) is 54.3 Å². The molecule has 0 aromatic heterocycles. The first-order valence-corrected chi connectivity index (χ1v) is 11.3. The van der Waals surface area contributed by atoms with E-state index in [0.717, 1.165) is 5.56 Å². The minimum atomic E-state index is -3.67. The highest BCUT2D eigenvalue weighted by molar-refractivity contribution is 7.89. The normalized spacial score (nSPS) is 11.6. The van der Waals surface area contributed by atoms with E-state index in [1.165, 1.54) is 24.3 Å². The predicted octanol–water partition coefficient (Wildman–Crippen LogP) is 3.23. The van der Waals surface area contributed by atoms with Gasteiger partial charge in [0, 0.05) is 18.7 Å². The SMILES string of the molecule is CCOC(=O)Oc1ccc(C(=O)NCCNS(=O)(=O)c2ccc(C(C)(C)C)cc2)cc1. The molecule has 0 heterocycles. The molecule has 0 saturated carbocycles. The summed E-state index contributed by atoms with van der Waals surface area (Å²) in [7, 11) is -3.67. The molecule has 0 fully saturated rings. The molecule has 168 valence electrons. The van der Waals surface area contributed by atoms with E-state index in [4.69, 9.17) is 4.74 Å². The van der Waals surface area contributed by atoms with Gasteiger partial charge in [0.25, 0.3) is 5.91 Å². The first kappa shape index (κ1) is 24.4. The van der Waals surface area contributed by atoms with Crippen LogP contribution < -0.4 is 14.8 Å². The Hall–Kier alpha value is -2.91. The maximum absolute atomic E-state index is 12.4. The summed E-state index contributed by atoms with van der Waals surface area (Å²) >= 11 is 0. The fraction of sp³-hybridized carbons (Fsp3) is 0.364. The molecule has 0 saturated heterocycles. The van der Waals surface area contributed by atoms with Crippen LogP contribution in [-0.4, -0.2) is 40.2 Å². The van der Waals surface area contributed by atoms with Crippen molar-refractivity contribution in [3.05, 3.63) is 59.7 Å². The smallest absolute Gasteiger partial charge is 0.434 e. The zero-order valence-corrected chi connectivity index (χ0v) is 18.9. The van der Waals surface area contributed by atoms with Gasteiger partial charge >= 0.3 is 6.16 Å².